The van der Waals surface area contributed by atoms with Crippen LogP contribution in [0.25, 0.3) is 0 Å². The molecule has 1 aliphatic carbocycles. The number of thiophene rings is 1. The average Bonchev–Trinajstić information content (AvgIpc) is 3.48. The van der Waals surface area contributed by atoms with Gasteiger partial charge >= 0.3 is 0 Å². The van der Waals surface area contributed by atoms with Gasteiger partial charge < -0.3 is 9.47 Å². The van der Waals surface area contributed by atoms with Gasteiger partial charge in [0.1, 0.15) is 11.6 Å². The van der Waals surface area contributed by atoms with E-state index in [0.717, 1.165) is 35.8 Å². The van der Waals surface area contributed by atoms with Crippen molar-refractivity contribution in [2.24, 2.45) is 0 Å². The first-order chi connectivity index (χ1) is 15.5. The Morgan fingerprint density at radius 1 is 1.22 bits per heavy atom. The zero-order valence-electron chi connectivity index (χ0n) is 18.5. The summed E-state index contributed by atoms with van der Waals surface area (Å²) in [7, 11) is 1.80. The van der Waals surface area contributed by atoms with Crippen molar-refractivity contribution in [3.8, 4) is 0 Å². The number of thioether (sulfide) groups is 1. The van der Waals surface area contributed by atoms with E-state index in [1.54, 1.807) is 35.4 Å². The molecular weight excluding hydrogens is 443 g/mol. The smallest absolute Gasteiger partial charge is 0.233 e. The second-order valence-electron chi connectivity index (χ2n) is 8.34. The molecule has 1 fully saturated rings. The van der Waals surface area contributed by atoms with Crippen LogP contribution in [0.5, 0.6) is 0 Å². The third-order valence-electron chi connectivity index (χ3n) is 6.24. The molecule has 1 aliphatic rings. The first-order valence-electron chi connectivity index (χ1n) is 11.1. The number of hydrogen-bond donors (Lipinski definition) is 0. The van der Waals surface area contributed by atoms with E-state index in [1.165, 1.54) is 48.0 Å². The summed E-state index contributed by atoms with van der Waals surface area (Å²) >= 11 is 3.20. The molecular formula is C24H29FN4OS2. The number of rotatable bonds is 8. The molecule has 1 atom stereocenters. The molecule has 0 radical (unpaired) electrons. The van der Waals surface area contributed by atoms with Crippen LogP contribution in [0.2, 0.25) is 0 Å². The number of aromatic nitrogens is 3. The molecule has 0 aliphatic heterocycles. The third-order valence-corrected chi connectivity index (χ3v) is 8.04. The second kappa shape index (κ2) is 10.6. The van der Waals surface area contributed by atoms with Crippen LogP contribution in [-0.2, 0) is 11.2 Å². The van der Waals surface area contributed by atoms with Gasteiger partial charge in [-0.1, -0.05) is 49.2 Å². The van der Waals surface area contributed by atoms with Crippen LogP contribution < -0.4 is 0 Å². The molecule has 2 aromatic heterocycles. The molecule has 0 N–H and O–H groups in total. The van der Waals surface area contributed by atoms with Crippen LogP contribution in [0.1, 0.15) is 67.4 Å². The van der Waals surface area contributed by atoms with Crippen molar-refractivity contribution in [1.29, 1.82) is 0 Å². The van der Waals surface area contributed by atoms with Crippen LogP contribution in [0, 0.1) is 5.82 Å². The molecule has 170 valence electrons. The van der Waals surface area contributed by atoms with Gasteiger partial charge in [-0.3, -0.25) is 4.79 Å². The maximum atomic E-state index is 13.2. The minimum absolute atomic E-state index is 0.0184. The highest BCUT2D eigenvalue weighted by molar-refractivity contribution is 7.99. The van der Waals surface area contributed by atoms with Gasteiger partial charge in [-0.2, -0.15) is 0 Å². The van der Waals surface area contributed by atoms with Gasteiger partial charge in [0.05, 0.1) is 11.8 Å². The predicted molar refractivity (Wildman–Crippen MR) is 128 cm³/mol. The number of halogens is 1. The summed E-state index contributed by atoms with van der Waals surface area (Å²) in [6.45, 7) is 1.96. The Morgan fingerprint density at radius 3 is 2.66 bits per heavy atom. The van der Waals surface area contributed by atoms with Crippen LogP contribution in [0.4, 0.5) is 4.39 Å². The molecule has 0 bridgehead atoms. The normalized spacial score (nSPS) is 15.6. The largest absolute Gasteiger partial charge is 0.338 e. The number of hydrogen-bond acceptors (Lipinski definition) is 5. The standard InChI is InChI=1S/C24H29FN4OS2/c1-17(18-10-12-19(25)13-11-18)28(2)23(30)16-32-24-27-26-22(15-21-9-6-14-31-21)29(24)20-7-4-3-5-8-20/h6,9-14,17,20H,3-5,7-8,15-16H2,1-2H3. The van der Waals surface area contributed by atoms with Crippen LogP contribution in [-0.4, -0.2) is 38.4 Å². The Balaban J connectivity index is 1.46. The highest BCUT2D eigenvalue weighted by Crippen LogP contribution is 2.33. The second-order valence-corrected chi connectivity index (χ2v) is 10.3. The fourth-order valence-electron chi connectivity index (χ4n) is 4.21. The fraction of sp³-hybridized carbons (Fsp3) is 0.458. The quantitative estimate of drug-likeness (QED) is 0.384. The van der Waals surface area contributed by atoms with Gasteiger partial charge in [0.15, 0.2) is 5.16 Å². The molecule has 1 aromatic carbocycles. The molecule has 5 nitrogen and oxygen atoms in total. The van der Waals surface area contributed by atoms with Crippen molar-refractivity contribution in [2.45, 2.75) is 62.7 Å². The Labute approximate surface area is 197 Å². The summed E-state index contributed by atoms with van der Waals surface area (Å²) in [5, 5.41) is 11.9. The monoisotopic (exact) mass is 472 g/mol. The Kier molecular flexibility index (Phi) is 7.63. The van der Waals surface area contributed by atoms with Gasteiger partial charge in [-0.05, 0) is 48.9 Å². The SMILES string of the molecule is CC(c1ccc(F)cc1)N(C)C(=O)CSc1nnc(Cc2cccs2)n1C1CCCCC1. The fourth-order valence-corrected chi connectivity index (χ4v) is 5.86. The van der Waals surface area contributed by atoms with E-state index >= 15 is 0 Å². The van der Waals surface area contributed by atoms with E-state index in [4.69, 9.17) is 0 Å². The summed E-state index contributed by atoms with van der Waals surface area (Å²) in [4.78, 5) is 15.9. The lowest BCUT2D eigenvalue weighted by molar-refractivity contribution is -0.128. The summed E-state index contributed by atoms with van der Waals surface area (Å²) in [5.74, 6) is 1.03. The zero-order valence-corrected chi connectivity index (χ0v) is 20.2. The average molecular weight is 473 g/mol. The maximum Gasteiger partial charge on any atom is 0.233 e. The van der Waals surface area contributed by atoms with Crippen molar-refractivity contribution in [1.82, 2.24) is 19.7 Å². The number of nitrogens with zero attached hydrogens (tertiary/aromatic N) is 4. The highest BCUT2D eigenvalue weighted by Gasteiger charge is 2.25. The van der Waals surface area contributed by atoms with E-state index in [2.05, 4.69) is 32.3 Å². The van der Waals surface area contributed by atoms with Gasteiger partial charge in [-0.15, -0.1) is 21.5 Å². The van der Waals surface area contributed by atoms with E-state index in [0.29, 0.717) is 11.8 Å². The Bertz CT molecular complexity index is 1010. The summed E-state index contributed by atoms with van der Waals surface area (Å²) in [6.07, 6.45) is 6.78. The molecule has 4 rings (SSSR count). The molecule has 1 unspecified atom stereocenters. The number of benzene rings is 1. The third kappa shape index (κ3) is 5.41. The van der Waals surface area contributed by atoms with Crippen molar-refractivity contribution in [2.75, 3.05) is 12.8 Å². The van der Waals surface area contributed by atoms with Gasteiger partial charge in [0.2, 0.25) is 5.91 Å². The zero-order chi connectivity index (χ0) is 22.5. The lowest BCUT2D eigenvalue weighted by Gasteiger charge is -2.27. The van der Waals surface area contributed by atoms with Gasteiger partial charge in [0.25, 0.3) is 0 Å². The number of carbonyl (C=O) groups is 1. The topological polar surface area (TPSA) is 51.0 Å². The molecule has 3 aromatic rings. The van der Waals surface area contributed by atoms with Crippen LogP contribution >= 0.6 is 23.1 Å². The first kappa shape index (κ1) is 23.0. The van der Waals surface area contributed by atoms with Crippen molar-refractivity contribution < 1.29 is 9.18 Å². The molecule has 1 amide bonds. The van der Waals surface area contributed by atoms with Gasteiger partial charge in [0, 0.05) is 24.4 Å². The molecule has 32 heavy (non-hydrogen) atoms. The molecule has 0 spiro atoms. The van der Waals surface area contributed by atoms with E-state index < -0.39 is 0 Å². The highest BCUT2D eigenvalue weighted by atomic mass is 32.2. The minimum atomic E-state index is -0.272. The number of amides is 1. The van der Waals surface area contributed by atoms with E-state index in [1.807, 2.05) is 6.92 Å². The minimum Gasteiger partial charge on any atom is -0.338 e. The summed E-state index contributed by atoms with van der Waals surface area (Å²) < 4.78 is 15.5. The Hall–Kier alpha value is -2.19. The maximum absolute atomic E-state index is 13.2. The van der Waals surface area contributed by atoms with Crippen molar-refractivity contribution in [3.63, 3.8) is 0 Å². The molecule has 8 heteroatoms. The summed E-state index contributed by atoms with van der Waals surface area (Å²) in [6, 6.07) is 10.8. The first-order valence-corrected chi connectivity index (χ1v) is 13.0. The van der Waals surface area contributed by atoms with Gasteiger partial charge in [-0.25, -0.2) is 4.39 Å². The molecule has 0 saturated heterocycles. The molecule has 1 saturated carbocycles. The lowest BCUT2D eigenvalue weighted by Crippen LogP contribution is -2.31. The Morgan fingerprint density at radius 2 is 1.97 bits per heavy atom. The van der Waals surface area contributed by atoms with Crippen LogP contribution in [0.3, 0.4) is 0 Å². The van der Waals surface area contributed by atoms with E-state index in [9.17, 15) is 9.18 Å². The van der Waals surface area contributed by atoms with E-state index in [-0.39, 0.29) is 17.8 Å². The predicted octanol–water partition coefficient (Wildman–Crippen LogP) is 5.89. The summed E-state index contributed by atoms with van der Waals surface area (Å²) in [5.41, 5.74) is 0.913. The molecule has 2 heterocycles. The van der Waals surface area contributed by atoms with Crippen molar-refractivity contribution >= 4 is 29.0 Å². The lowest BCUT2D eigenvalue weighted by atomic mass is 9.95. The van der Waals surface area contributed by atoms with Crippen LogP contribution in [0.15, 0.2) is 46.9 Å². The number of carbonyl (C=O) groups excluding carboxylic acids is 1. The van der Waals surface area contributed by atoms with Crippen molar-refractivity contribution in [3.05, 3.63) is 63.9 Å².